The Labute approximate surface area is 142 Å². The molecule has 4 nitrogen and oxygen atoms in total. The number of alkyl halides is 3. The number of halogens is 3. The quantitative estimate of drug-likeness (QED) is 0.909. The molecule has 1 atom stereocenters. The Kier molecular flexibility index (Phi) is 4.83. The number of fused-ring (bicyclic) bond motifs is 1. The summed E-state index contributed by atoms with van der Waals surface area (Å²) in [7, 11) is 0. The van der Waals surface area contributed by atoms with E-state index in [0.29, 0.717) is 18.6 Å². The number of benzene rings is 2. The van der Waals surface area contributed by atoms with Gasteiger partial charge < -0.3 is 14.8 Å². The molecule has 2 aromatic rings. The van der Waals surface area contributed by atoms with Crippen LogP contribution in [0.4, 0.5) is 13.2 Å². The number of ether oxygens (including phenoxy) is 2. The first-order valence-corrected chi connectivity index (χ1v) is 7.74. The van der Waals surface area contributed by atoms with E-state index in [0.717, 1.165) is 11.3 Å². The Morgan fingerprint density at radius 2 is 1.88 bits per heavy atom. The van der Waals surface area contributed by atoms with Crippen molar-refractivity contribution in [2.75, 3.05) is 13.2 Å². The zero-order valence-corrected chi connectivity index (χ0v) is 13.2. The van der Waals surface area contributed by atoms with E-state index in [9.17, 15) is 18.0 Å². The zero-order chi connectivity index (χ0) is 17.9. The molecule has 1 heterocycles. The van der Waals surface area contributed by atoms with Crippen LogP contribution in [0.3, 0.4) is 0 Å². The normalized spacial score (nSPS) is 16.5. The van der Waals surface area contributed by atoms with Crippen molar-refractivity contribution in [3.05, 3.63) is 59.7 Å². The van der Waals surface area contributed by atoms with Crippen molar-refractivity contribution in [1.29, 1.82) is 0 Å². The second-order valence-electron chi connectivity index (χ2n) is 5.63. The molecule has 0 bridgehead atoms. The highest BCUT2D eigenvalue weighted by atomic mass is 19.4. The molecule has 0 saturated carbocycles. The van der Waals surface area contributed by atoms with E-state index >= 15 is 0 Å². The molecule has 25 heavy (non-hydrogen) atoms. The topological polar surface area (TPSA) is 47.6 Å². The average molecular weight is 351 g/mol. The molecular formula is C18H16F3NO3. The summed E-state index contributed by atoms with van der Waals surface area (Å²) >= 11 is 0. The second-order valence-corrected chi connectivity index (χ2v) is 5.63. The largest absolute Gasteiger partial charge is 0.493 e. The molecule has 1 amide bonds. The zero-order valence-electron chi connectivity index (χ0n) is 13.2. The van der Waals surface area contributed by atoms with E-state index < -0.39 is 12.8 Å². The fraction of sp³-hybridized carbons (Fsp3) is 0.278. The number of amides is 1. The third-order valence-corrected chi connectivity index (χ3v) is 3.78. The van der Waals surface area contributed by atoms with E-state index in [1.807, 2.05) is 24.3 Å². The number of hydrogen-bond donors (Lipinski definition) is 1. The lowest BCUT2D eigenvalue weighted by atomic mass is 10.00. The first-order valence-electron chi connectivity index (χ1n) is 7.74. The van der Waals surface area contributed by atoms with Crippen molar-refractivity contribution in [2.45, 2.75) is 18.6 Å². The van der Waals surface area contributed by atoms with Crippen molar-refractivity contribution in [3.63, 3.8) is 0 Å². The van der Waals surface area contributed by atoms with Gasteiger partial charge in [0.15, 0.2) is 6.61 Å². The molecule has 0 aliphatic carbocycles. The molecule has 1 aliphatic heterocycles. The molecule has 7 heteroatoms. The maximum absolute atomic E-state index is 12.4. The molecule has 0 radical (unpaired) electrons. The lowest BCUT2D eigenvalue weighted by Gasteiger charge is -2.26. The van der Waals surface area contributed by atoms with E-state index in [-0.39, 0.29) is 17.7 Å². The minimum Gasteiger partial charge on any atom is -0.493 e. The molecule has 132 valence electrons. The van der Waals surface area contributed by atoms with Crippen LogP contribution < -0.4 is 14.8 Å². The van der Waals surface area contributed by atoms with Crippen molar-refractivity contribution < 1.29 is 27.4 Å². The predicted molar refractivity (Wildman–Crippen MR) is 84.8 cm³/mol. The molecule has 0 unspecified atom stereocenters. The molecule has 2 aromatic carbocycles. The molecule has 1 aliphatic rings. The van der Waals surface area contributed by atoms with Gasteiger partial charge in [0.1, 0.15) is 11.5 Å². The Balaban J connectivity index is 1.64. The fourth-order valence-electron chi connectivity index (χ4n) is 2.60. The van der Waals surface area contributed by atoms with Crippen LogP contribution in [0.15, 0.2) is 48.5 Å². The smallest absolute Gasteiger partial charge is 0.422 e. The monoisotopic (exact) mass is 351 g/mol. The number of carbonyl (C=O) groups excluding carboxylic acids is 1. The van der Waals surface area contributed by atoms with Crippen molar-refractivity contribution >= 4 is 5.91 Å². The molecule has 0 saturated heterocycles. The lowest BCUT2D eigenvalue weighted by molar-refractivity contribution is -0.153. The van der Waals surface area contributed by atoms with Gasteiger partial charge in [0.05, 0.1) is 12.6 Å². The van der Waals surface area contributed by atoms with Crippen LogP contribution in [0.5, 0.6) is 11.5 Å². The molecule has 3 rings (SSSR count). The van der Waals surface area contributed by atoms with Gasteiger partial charge in [-0.15, -0.1) is 0 Å². The Morgan fingerprint density at radius 1 is 1.16 bits per heavy atom. The Bertz CT molecular complexity index is 744. The SMILES string of the molecule is O=C(N[C@H]1CCOc2ccccc21)c1ccc(OCC(F)(F)F)cc1. The van der Waals surface area contributed by atoms with Crippen LogP contribution in [0.25, 0.3) is 0 Å². The summed E-state index contributed by atoms with van der Waals surface area (Å²) in [6.45, 7) is -0.858. The van der Waals surface area contributed by atoms with Gasteiger partial charge in [0, 0.05) is 17.5 Å². The number of rotatable bonds is 4. The lowest BCUT2D eigenvalue weighted by Crippen LogP contribution is -2.32. The highest BCUT2D eigenvalue weighted by molar-refractivity contribution is 5.94. The van der Waals surface area contributed by atoms with Crippen LogP contribution in [0, 0.1) is 0 Å². The van der Waals surface area contributed by atoms with Gasteiger partial charge >= 0.3 is 6.18 Å². The van der Waals surface area contributed by atoms with Crippen LogP contribution in [-0.2, 0) is 0 Å². The first kappa shape index (κ1) is 17.1. The maximum atomic E-state index is 12.4. The maximum Gasteiger partial charge on any atom is 0.422 e. The standard InChI is InChI=1S/C18H16F3NO3/c19-18(20,21)11-25-13-7-5-12(6-8-13)17(23)22-15-9-10-24-16-4-2-1-3-14(15)16/h1-8,15H,9-11H2,(H,22,23)/t15-/m0/s1. The summed E-state index contributed by atoms with van der Waals surface area (Å²) in [5, 5.41) is 2.93. The molecular weight excluding hydrogens is 335 g/mol. The number of para-hydroxylation sites is 1. The third kappa shape index (κ3) is 4.43. The van der Waals surface area contributed by atoms with E-state index in [1.54, 1.807) is 0 Å². The average Bonchev–Trinajstić information content (AvgIpc) is 2.60. The summed E-state index contributed by atoms with van der Waals surface area (Å²) in [5.41, 5.74) is 1.26. The van der Waals surface area contributed by atoms with Gasteiger partial charge in [-0.3, -0.25) is 4.79 Å². The Morgan fingerprint density at radius 3 is 2.60 bits per heavy atom. The highest BCUT2D eigenvalue weighted by Crippen LogP contribution is 2.31. The third-order valence-electron chi connectivity index (χ3n) is 3.78. The van der Waals surface area contributed by atoms with Gasteiger partial charge in [-0.25, -0.2) is 0 Å². The summed E-state index contributed by atoms with van der Waals surface area (Å²) in [6, 6.07) is 12.9. The summed E-state index contributed by atoms with van der Waals surface area (Å²) < 4.78 is 46.6. The fourth-order valence-corrected chi connectivity index (χ4v) is 2.60. The second kappa shape index (κ2) is 7.04. The molecule has 1 N–H and O–H groups in total. The first-order chi connectivity index (χ1) is 11.9. The highest BCUT2D eigenvalue weighted by Gasteiger charge is 2.28. The van der Waals surface area contributed by atoms with Crippen molar-refractivity contribution in [1.82, 2.24) is 5.32 Å². The van der Waals surface area contributed by atoms with Crippen molar-refractivity contribution in [2.24, 2.45) is 0 Å². The van der Waals surface area contributed by atoms with Gasteiger partial charge in [-0.05, 0) is 30.3 Å². The van der Waals surface area contributed by atoms with Gasteiger partial charge in [0.25, 0.3) is 5.91 Å². The van der Waals surface area contributed by atoms with Crippen LogP contribution in [0.1, 0.15) is 28.4 Å². The van der Waals surface area contributed by atoms with Crippen LogP contribution in [0.2, 0.25) is 0 Å². The van der Waals surface area contributed by atoms with Crippen LogP contribution >= 0.6 is 0 Å². The van der Waals surface area contributed by atoms with Gasteiger partial charge in [-0.1, -0.05) is 18.2 Å². The number of nitrogens with one attached hydrogen (secondary N) is 1. The summed E-state index contributed by atoms with van der Waals surface area (Å²) in [5.74, 6) is 0.504. The minimum atomic E-state index is -4.40. The van der Waals surface area contributed by atoms with E-state index in [2.05, 4.69) is 10.1 Å². The van der Waals surface area contributed by atoms with Crippen molar-refractivity contribution in [3.8, 4) is 11.5 Å². The van der Waals surface area contributed by atoms with Crippen LogP contribution in [-0.4, -0.2) is 25.3 Å². The minimum absolute atomic E-state index is 0.0605. The van der Waals surface area contributed by atoms with E-state index in [1.165, 1.54) is 24.3 Å². The molecule has 0 spiro atoms. The van der Waals surface area contributed by atoms with Gasteiger partial charge in [-0.2, -0.15) is 13.2 Å². The molecule has 0 aromatic heterocycles. The molecule has 0 fully saturated rings. The predicted octanol–water partition coefficient (Wildman–Crippen LogP) is 3.88. The number of hydrogen-bond acceptors (Lipinski definition) is 3. The van der Waals surface area contributed by atoms with Gasteiger partial charge in [0.2, 0.25) is 0 Å². The Hall–Kier alpha value is -2.70. The number of carbonyl (C=O) groups is 1. The summed E-state index contributed by atoms with van der Waals surface area (Å²) in [6.07, 6.45) is -3.75. The summed E-state index contributed by atoms with van der Waals surface area (Å²) in [4.78, 5) is 12.4. The van der Waals surface area contributed by atoms with E-state index in [4.69, 9.17) is 4.74 Å².